The van der Waals surface area contributed by atoms with Crippen molar-refractivity contribution in [2.75, 3.05) is 0 Å². The lowest BCUT2D eigenvalue weighted by Gasteiger charge is -2.17. The van der Waals surface area contributed by atoms with Gasteiger partial charge in [0.1, 0.15) is 22.3 Å². The zero-order valence-corrected chi connectivity index (χ0v) is 14.9. The first-order chi connectivity index (χ1) is 10.2. The summed E-state index contributed by atoms with van der Waals surface area (Å²) in [5.74, 6) is 0.500. The molecule has 6 heteroatoms. The molecule has 2 aromatic rings. The Balaban J connectivity index is 2.43. The van der Waals surface area contributed by atoms with Gasteiger partial charge in [0.2, 0.25) is 0 Å². The molecule has 1 atom stereocenters. The minimum atomic E-state index is -1.34. The number of halogens is 1. The number of benzene rings is 1. The number of hydrogen-bond acceptors (Lipinski definition) is 4. The van der Waals surface area contributed by atoms with Gasteiger partial charge in [-0.05, 0) is 57.9 Å². The summed E-state index contributed by atoms with van der Waals surface area (Å²) in [5, 5.41) is 4.68. The summed E-state index contributed by atoms with van der Waals surface area (Å²) < 4.78 is 21.1. The summed E-state index contributed by atoms with van der Waals surface area (Å²) in [4.78, 5) is 0. The van der Waals surface area contributed by atoms with E-state index >= 15 is 0 Å². The van der Waals surface area contributed by atoms with Crippen LogP contribution in [0.25, 0.3) is 11.1 Å². The molecule has 1 heterocycles. The second-order valence-corrected chi connectivity index (χ2v) is 8.43. The van der Waals surface area contributed by atoms with Gasteiger partial charge in [0.25, 0.3) is 0 Å². The van der Waals surface area contributed by atoms with E-state index in [2.05, 4.69) is 9.55 Å². The predicted octanol–water partition coefficient (Wildman–Crippen LogP) is 4.49. The van der Waals surface area contributed by atoms with E-state index in [1.807, 2.05) is 52.8 Å². The van der Waals surface area contributed by atoms with Gasteiger partial charge in [-0.2, -0.15) is 0 Å². The van der Waals surface area contributed by atoms with Crippen LogP contribution in [0, 0.1) is 13.8 Å². The molecule has 0 amide bonds. The fraction of sp³-hybridized carbons (Fsp3) is 0.375. The van der Waals surface area contributed by atoms with Crippen molar-refractivity contribution in [1.82, 2.24) is 5.16 Å². The van der Waals surface area contributed by atoms with Gasteiger partial charge in [-0.1, -0.05) is 27.2 Å². The topological polar surface area (TPSA) is 61.5 Å². The lowest BCUT2D eigenvalue weighted by molar-refractivity contribution is 0.410. The van der Waals surface area contributed by atoms with Crippen LogP contribution in [0.1, 0.15) is 37.8 Å². The molecule has 4 nitrogen and oxygen atoms in total. The van der Waals surface area contributed by atoms with Crippen molar-refractivity contribution in [3.63, 3.8) is 0 Å². The van der Waals surface area contributed by atoms with E-state index in [1.54, 1.807) is 0 Å². The summed E-state index contributed by atoms with van der Waals surface area (Å²) in [6, 6.07) is 5.64. The second kappa shape index (κ2) is 6.44. The van der Waals surface area contributed by atoms with Gasteiger partial charge >= 0.3 is 0 Å². The molecule has 0 N–H and O–H groups in total. The van der Waals surface area contributed by atoms with Crippen molar-refractivity contribution in [2.24, 2.45) is 4.40 Å². The van der Waals surface area contributed by atoms with E-state index in [-0.39, 0.29) is 0 Å². The van der Waals surface area contributed by atoms with Crippen LogP contribution in [0.3, 0.4) is 0 Å². The Morgan fingerprint density at radius 1 is 1.32 bits per heavy atom. The Morgan fingerprint density at radius 3 is 2.59 bits per heavy atom. The van der Waals surface area contributed by atoms with Crippen molar-refractivity contribution in [3.05, 3.63) is 40.2 Å². The van der Waals surface area contributed by atoms with Gasteiger partial charge in [-0.15, -0.1) is 0 Å². The first kappa shape index (κ1) is 17.1. The summed E-state index contributed by atoms with van der Waals surface area (Å²) in [7, 11) is 0. The maximum atomic E-state index is 12.0. The van der Waals surface area contributed by atoms with E-state index in [1.165, 1.54) is 6.21 Å². The fourth-order valence-corrected chi connectivity index (χ4v) is 2.70. The molecule has 0 radical (unpaired) electrons. The van der Waals surface area contributed by atoms with Gasteiger partial charge in [-0.3, -0.25) is 0 Å². The zero-order chi connectivity index (χ0) is 16.5. The van der Waals surface area contributed by atoms with Crippen LogP contribution in [-0.2, 0) is 11.4 Å². The molecule has 0 unspecified atom stereocenters. The predicted molar refractivity (Wildman–Crippen MR) is 91.9 cm³/mol. The zero-order valence-electron chi connectivity index (χ0n) is 13.3. The molecule has 2 rings (SSSR count). The smallest absolute Gasteiger partial charge is 0.190 e. The molecule has 22 heavy (non-hydrogen) atoms. The number of nitrogens with zero attached hydrogens (tertiary/aromatic N) is 2. The van der Waals surface area contributed by atoms with Crippen molar-refractivity contribution in [1.29, 1.82) is 0 Å². The lowest BCUT2D eigenvalue weighted by atomic mass is 9.99. The van der Waals surface area contributed by atoms with E-state index in [9.17, 15) is 4.55 Å². The van der Waals surface area contributed by atoms with E-state index in [0.717, 1.165) is 22.4 Å². The van der Waals surface area contributed by atoms with Crippen LogP contribution in [0.15, 0.2) is 27.1 Å². The highest BCUT2D eigenvalue weighted by Gasteiger charge is 2.26. The Bertz CT molecular complexity index is 705. The van der Waals surface area contributed by atoms with Crippen molar-refractivity contribution < 1.29 is 9.08 Å². The standard InChI is InChI=1S/C16H19ClN2O2S/c1-10-8-12(17)6-7-13(10)15-11(2)19-21-14(15)9-18-22(20)16(3,4)5/h6-9H,1-5H3/b18-9+/t22-/m1/s1. The molecule has 0 aliphatic heterocycles. The normalized spacial score (nSPS) is 13.8. The van der Waals surface area contributed by atoms with Gasteiger partial charge in [0.05, 0.1) is 11.3 Å². The highest BCUT2D eigenvalue weighted by atomic mass is 35.5. The van der Waals surface area contributed by atoms with Crippen LogP contribution >= 0.6 is 11.6 Å². The van der Waals surface area contributed by atoms with Gasteiger partial charge in [0, 0.05) is 5.02 Å². The fourth-order valence-electron chi connectivity index (χ4n) is 1.96. The minimum Gasteiger partial charge on any atom is -0.591 e. The maximum Gasteiger partial charge on any atom is 0.190 e. The van der Waals surface area contributed by atoms with Crippen molar-refractivity contribution >= 4 is 29.2 Å². The first-order valence-corrected chi connectivity index (χ1v) is 8.37. The average molecular weight is 339 g/mol. The third-order valence-corrected chi connectivity index (χ3v) is 4.72. The third kappa shape index (κ3) is 3.72. The molecule has 118 valence electrons. The largest absolute Gasteiger partial charge is 0.591 e. The highest BCUT2D eigenvalue weighted by molar-refractivity contribution is 7.91. The van der Waals surface area contributed by atoms with Gasteiger partial charge in [-0.25, -0.2) is 0 Å². The molecule has 0 bridgehead atoms. The van der Waals surface area contributed by atoms with Crippen LogP contribution < -0.4 is 0 Å². The third-order valence-electron chi connectivity index (χ3n) is 3.14. The first-order valence-electron chi connectivity index (χ1n) is 6.89. The Morgan fingerprint density at radius 2 is 2.00 bits per heavy atom. The Labute approximate surface area is 138 Å². The van der Waals surface area contributed by atoms with E-state index in [4.69, 9.17) is 16.1 Å². The minimum absolute atomic E-state index is 0.415. The Kier molecular flexibility index (Phi) is 5.00. The average Bonchev–Trinajstić information content (AvgIpc) is 2.76. The van der Waals surface area contributed by atoms with Crippen LogP contribution in [0.2, 0.25) is 5.02 Å². The van der Waals surface area contributed by atoms with Gasteiger partial charge < -0.3 is 9.08 Å². The summed E-state index contributed by atoms with van der Waals surface area (Å²) >= 11 is 4.66. The molecule has 1 aromatic heterocycles. The molecule has 0 aliphatic carbocycles. The number of hydrogen-bond donors (Lipinski definition) is 0. The summed E-state index contributed by atoms with van der Waals surface area (Å²) in [6.45, 7) is 9.45. The lowest BCUT2D eigenvalue weighted by Crippen LogP contribution is -2.25. The molecule has 0 saturated heterocycles. The molecular formula is C16H19ClN2O2S. The molecule has 0 fully saturated rings. The van der Waals surface area contributed by atoms with Crippen LogP contribution in [0.5, 0.6) is 0 Å². The maximum absolute atomic E-state index is 12.0. The molecule has 1 aromatic carbocycles. The van der Waals surface area contributed by atoms with Crippen molar-refractivity contribution in [2.45, 2.75) is 39.4 Å². The second-order valence-electron chi connectivity index (χ2n) is 6.06. The molecule has 0 spiro atoms. The SMILES string of the molecule is Cc1cc(Cl)ccc1-c1c(C)noc1/C=N/[S@+]([O-])C(C)(C)C. The number of aryl methyl sites for hydroxylation is 2. The van der Waals surface area contributed by atoms with Crippen molar-refractivity contribution in [3.8, 4) is 11.1 Å². The molecular weight excluding hydrogens is 320 g/mol. The molecule has 0 saturated carbocycles. The van der Waals surface area contributed by atoms with E-state index in [0.29, 0.717) is 10.8 Å². The van der Waals surface area contributed by atoms with E-state index < -0.39 is 16.1 Å². The quantitative estimate of drug-likeness (QED) is 0.611. The summed E-state index contributed by atoms with van der Waals surface area (Å²) in [5.41, 5.74) is 3.61. The molecule has 0 aliphatic rings. The highest BCUT2D eigenvalue weighted by Crippen LogP contribution is 2.31. The Hall–Kier alpha value is -1.30. The van der Waals surface area contributed by atoms with Crippen LogP contribution in [-0.4, -0.2) is 20.7 Å². The summed E-state index contributed by atoms with van der Waals surface area (Å²) in [6.07, 6.45) is 1.49. The number of aromatic nitrogens is 1. The van der Waals surface area contributed by atoms with Crippen LogP contribution in [0.4, 0.5) is 0 Å². The number of rotatable bonds is 3. The monoisotopic (exact) mass is 338 g/mol. The van der Waals surface area contributed by atoms with Gasteiger partial charge in [0.15, 0.2) is 5.76 Å².